The number of nitrogens with zero attached hydrogens (tertiary/aromatic N) is 4. The Morgan fingerprint density at radius 3 is 2.66 bits per heavy atom. The average molecular weight is 493 g/mol. The molecule has 1 saturated heterocycles. The van der Waals surface area contributed by atoms with Gasteiger partial charge in [-0.1, -0.05) is 30.7 Å². The molecule has 0 bridgehead atoms. The number of halogens is 1. The van der Waals surface area contributed by atoms with Gasteiger partial charge < -0.3 is 14.5 Å². The molecule has 0 spiro atoms. The third kappa shape index (κ3) is 4.82. The highest BCUT2D eigenvalue weighted by molar-refractivity contribution is 6.36. The molecular weight excluding hydrogens is 464 g/mol. The third-order valence-electron chi connectivity index (χ3n) is 6.89. The number of carbonyl (C=O) groups is 2. The number of pyridine rings is 2. The summed E-state index contributed by atoms with van der Waals surface area (Å²) in [4.78, 5) is 38.2. The lowest BCUT2D eigenvalue weighted by atomic mass is 9.84. The van der Waals surface area contributed by atoms with E-state index in [0.29, 0.717) is 44.3 Å². The van der Waals surface area contributed by atoms with Gasteiger partial charge in [0.25, 0.3) is 5.91 Å². The van der Waals surface area contributed by atoms with Gasteiger partial charge in [0.05, 0.1) is 17.1 Å². The molecule has 3 aromatic rings. The van der Waals surface area contributed by atoms with Crippen LogP contribution in [-0.4, -0.2) is 64.6 Å². The molecule has 35 heavy (non-hydrogen) atoms. The van der Waals surface area contributed by atoms with Gasteiger partial charge in [-0.2, -0.15) is 0 Å². The normalized spacial score (nSPS) is 17.8. The van der Waals surface area contributed by atoms with Gasteiger partial charge in [-0.15, -0.1) is 0 Å². The highest BCUT2D eigenvalue weighted by Crippen LogP contribution is 2.37. The molecule has 1 aromatic carbocycles. The van der Waals surface area contributed by atoms with Crippen LogP contribution in [0.15, 0.2) is 42.6 Å². The van der Waals surface area contributed by atoms with Gasteiger partial charge in [0, 0.05) is 60.6 Å². The van der Waals surface area contributed by atoms with Crippen molar-refractivity contribution in [2.75, 3.05) is 32.8 Å². The molecule has 0 saturated carbocycles. The van der Waals surface area contributed by atoms with Crippen molar-refractivity contribution in [1.29, 1.82) is 0 Å². The fourth-order valence-electron chi connectivity index (χ4n) is 4.95. The number of hydrogen-bond donors (Lipinski definition) is 0. The largest absolute Gasteiger partial charge is 0.449 e. The van der Waals surface area contributed by atoms with E-state index in [-0.39, 0.29) is 12.0 Å². The van der Waals surface area contributed by atoms with E-state index in [1.54, 1.807) is 9.80 Å². The number of hydrogen-bond acceptors (Lipinski definition) is 5. The number of rotatable bonds is 4. The zero-order valence-corrected chi connectivity index (χ0v) is 20.6. The van der Waals surface area contributed by atoms with Gasteiger partial charge in [0.15, 0.2) is 0 Å². The SMILES string of the molecule is CCCOC(=O)N1CCN(C(=O)c2ccc3c(Cl)c4c(nc3c2)CC(c2ccccn2)CC4)CC1. The van der Waals surface area contributed by atoms with Crippen LogP contribution in [0.1, 0.15) is 53.0 Å². The summed E-state index contributed by atoms with van der Waals surface area (Å²) in [5.74, 6) is 0.255. The Bertz CT molecular complexity index is 1240. The first-order chi connectivity index (χ1) is 17.0. The smallest absolute Gasteiger partial charge is 0.409 e. The van der Waals surface area contributed by atoms with Gasteiger partial charge in [-0.05, 0) is 55.5 Å². The van der Waals surface area contributed by atoms with Crippen molar-refractivity contribution in [2.45, 2.75) is 38.5 Å². The molecule has 2 aliphatic rings. The van der Waals surface area contributed by atoms with E-state index in [9.17, 15) is 9.59 Å². The van der Waals surface area contributed by atoms with Crippen LogP contribution in [0.25, 0.3) is 10.9 Å². The molecule has 3 heterocycles. The Hall–Kier alpha value is -3.19. The molecule has 7 nitrogen and oxygen atoms in total. The molecule has 182 valence electrons. The van der Waals surface area contributed by atoms with E-state index in [2.05, 4.69) is 11.1 Å². The Morgan fingerprint density at radius 1 is 1.11 bits per heavy atom. The van der Waals surface area contributed by atoms with Crippen molar-refractivity contribution >= 4 is 34.5 Å². The molecule has 5 rings (SSSR count). The van der Waals surface area contributed by atoms with Gasteiger partial charge in [-0.25, -0.2) is 4.79 Å². The van der Waals surface area contributed by atoms with Crippen LogP contribution in [0.5, 0.6) is 0 Å². The lowest BCUT2D eigenvalue weighted by molar-refractivity contribution is 0.0560. The second-order valence-corrected chi connectivity index (χ2v) is 9.55. The zero-order valence-electron chi connectivity index (χ0n) is 19.9. The first kappa shape index (κ1) is 23.5. The predicted molar refractivity (Wildman–Crippen MR) is 135 cm³/mol. The summed E-state index contributed by atoms with van der Waals surface area (Å²) in [6.45, 7) is 4.26. The van der Waals surface area contributed by atoms with E-state index >= 15 is 0 Å². The molecule has 0 N–H and O–H groups in total. The van der Waals surface area contributed by atoms with Crippen molar-refractivity contribution in [3.8, 4) is 0 Å². The summed E-state index contributed by atoms with van der Waals surface area (Å²) >= 11 is 6.82. The highest BCUT2D eigenvalue weighted by Gasteiger charge is 2.28. The number of amides is 2. The van der Waals surface area contributed by atoms with E-state index in [4.69, 9.17) is 21.3 Å². The summed E-state index contributed by atoms with van der Waals surface area (Å²) in [6, 6.07) is 11.6. The standard InChI is InChI=1S/C27H29ClN4O3/c1-2-15-35-27(34)32-13-11-31(12-14-32)26(33)19-7-9-21-24(17-19)30-23-16-18(6-8-20(23)25(21)28)22-5-3-4-10-29-22/h3-5,7,9-10,17-18H,2,6,8,11-16H2,1H3. The number of ether oxygens (including phenoxy) is 1. The summed E-state index contributed by atoms with van der Waals surface area (Å²) in [7, 11) is 0. The van der Waals surface area contributed by atoms with Crippen LogP contribution in [0, 0.1) is 0 Å². The van der Waals surface area contributed by atoms with Crippen LogP contribution in [0.3, 0.4) is 0 Å². The minimum Gasteiger partial charge on any atom is -0.449 e. The molecule has 0 radical (unpaired) electrons. The van der Waals surface area contributed by atoms with Gasteiger partial charge in [-0.3, -0.25) is 14.8 Å². The summed E-state index contributed by atoms with van der Waals surface area (Å²) < 4.78 is 5.21. The third-order valence-corrected chi connectivity index (χ3v) is 7.32. The molecular formula is C27H29ClN4O3. The topological polar surface area (TPSA) is 75.6 Å². The quantitative estimate of drug-likeness (QED) is 0.520. The van der Waals surface area contributed by atoms with Gasteiger partial charge in [0.2, 0.25) is 0 Å². The molecule has 1 unspecified atom stereocenters. The van der Waals surface area contributed by atoms with Crippen molar-refractivity contribution in [3.05, 3.63) is 70.1 Å². The minimum atomic E-state index is -0.308. The lowest BCUT2D eigenvalue weighted by Crippen LogP contribution is -2.50. The second-order valence-electron chi connectivity index (χ2n) is 9.17. The maximum Gasteiger partial charge on any atom is 0.409 e. The molecule has 1 atom stereocenters. The summed E-state index contributed by atoms with van der Waals surface area (Å²) in [5.41, 5.74) is 4.51. The van der Waals surface area contributed by atoms with Crippen LogP contribution in [0.4, 0.5) is 4.79 Å². The summed E-state index contributed by atoms with van der Waals surface area (Å²) in [5, 5.41) is 1.62. The number of aromatic nitrogens is 2. The van der Waals surface area contributed by atoms with Gasteiger partial charge >= 0.3 is 6.09 Å². The molecule has 1 aliphatic carbocycles. The van der Waals surface area contributed by atoms with Crippen molar-refractivity contribution in [3.63, 3.8) is 0 Å². The molecule has 2 aromatic heterocycles. The lowest BCUT2D eigenvalue weighted by Gasteiger charge is -2.34. The van der Waals surface area contributed by atoms with E-state index in [1.807, 2.05) is 43.5 Å². The van der Waals surface area contributed by atoms with Crippen molar-refractivity contribution < 1.29 is 14.3 Å². The fourth-order valence-corrected chi connectivity index (χ4v) is 5.31. The maximum atomic E-state index is 13.2. The van der Waals surface area contributed by atoms with Crippen molar-refractivity contribution in [1.82, 2.24) is 19.8 Å². The minimum absolute atomic E-state index is 0.0597. The van der Waals surface area contributed by atoms with E-state index in [1.165, 1.54) is 0 Å². The molecule has 2 amide bonds. The Balaban J connectivity index is 1.33. The number of piperazine rings is 1. The first-order valence-electron chi connectivity index (χ1n) is 12.3. The fraction of sp³-hybridized carbons (Fsp3) is 0.407. The summed E-state index contributed by atoms with van der Waals surface area (Å²) in [6.07, 6.45) is 4.96. The van der Waals surface area contributed by atoms with E-state index < -0.39 is 0 Å². The first-order valence-corrected chi connectivity index (χ1v) is 12.7. The predicted octanol–water partition coefficient (Wildman–Crippen LogP) is 4.86. The van der Waals surface area contributed by atoms with E-state index in [0.717, 1.165) is 58.6 Å². The maximum absolute atomic E-state index is 13.2. The Kier molecular flexibility index (Phi) is 6.86. The molecule has 8 heteroatoms. The van der Waals surface area contributed by atoms with Crippen LogP contribution in [-0.2, 0) is 17.6 Å². The van der Waals surface area contributed by atoms with Crippen molar-refractivity contribution in [2.24, 2.45) is 0 Å². The Morgan fingerprint density at radius 2 is 1.91 bits per heavy atom. The highest BCUT2D eigenvalue weighted by atomic mass is 35.5. The van der Waals surface area contributed by atoms with Crippen LogP contribution < -0.4 is 0 Å². The van der Waals surface area contributed by atoms with Crippen LogP contribution >= 0.6 is 11.6 Å². The zero-order chi connectivity index (χ0) is 24.4. The Labute approximate surface area is 210 Å². The molecule has 1 fully saturated rings. The molecule has 1 aliphatic heterocycles. The average Bonchev–Trinajstić information content (AvgIpc) is 2.91. The van der Waals surface area contributed by atoms with Gasteiger partial charge in [0.1, 0.15) is 0 Å². The monoisotopic (exact) mass is 492 g/mol. The second kappa shape index (κ2) is 10.2. The van der Waals surface area contributed by atoms with Crippen LogP contribution in [0.2, 0.25) is 5.02 Å². The number of benzene rings is 1. The number of carbonyl (C=O) groups excluding carboxylic acids is 2. The number of fused-ring (bicyclic) bond motifs is 2.